The van der Waals surface area contributed by atoms with Crippen molar-refractivity contribution in [2.24, 2.45) is 0 Å². The molecule has 8 nitrogen and oxygen atoms in total. The predicted octanol–water partition coefficient (Wildman–Crippen LogP) is 4.68. The molecule has 186 valence electrons. The van der Waals surface area contributed by atoms with Crippen LogP contribution in [0.3, 0.4) is 0 Å². The number of fused-ring (bicyclic) bond motifs is 1. The summed E-state index contributed by atoms with van der Waals surface area (Å²) in [6.45, 7) is 4.92. The lowest BCUT2D eigenvalue weighted by Gasteiger charge is -2.31. The predicted molar refractivity (Wildman–Crippen MR) is 138 cm³/mol. The van der Waals surface area contributed by atoms with Crippen molar-refractivity contribution in [2.45, 2.75) is 57.8 Å². The second-order valence-corrected chi connectivity index (χ2v) is 10.5. The van der Waals surface area contributed by atoms with Crippen molar-refractivity contribution in [2.75, 3.05) is 13.1 Å². The monoisotopic (exact) mass is 503 g/mol. The normalized spacial score (nSPS) is 19.1. The molecule has 2 atom stereocenters. The van der Waals surface area contributed by atoms with E-state index in [2.05, 4.69) is 33.7 Å². The number of amides is 2. The van der Waals surface area contributed by atoms with Crippen molar-refractivity contribution in [1.82, 2.24) is 20.4 Å². The van der Waals surface area contributed by atoms with Crippen LogP contribution in [0.5, 0.6) is 5.75 Å². The van der Waals surface area contributed by atoms with Crippen molar-refractivity contribution in [3.05, 3.63) is 53.1 Å². The molecule has 2 aliphatic rings. The van der Waals surface area contributed by atoms with Gasteiger partial charge < -0.3 is 20.1 Å². The minimum atomic E-state index is -0.443. The minimum absolute atomic E-state index is 0.0173. The van der Waals surface area contributed by atoms with Gasteiger partial charge in [0.25, 0.3) is 0 Å². The van der Waals surface area contributed by atoms with Gasteiger partial charge in [0.15, 0.2) is 0 Å². The molecule has 36 heavy (non-hydrogen) atoms. The molecule has 1 aliphatic carbocycles. The van der Waals surface area contributed by atoms with Crippen LogP contribution in [-0.4, -0.2) is 51.5 Å². The Hall–Kier alpha value is -3.48. The number of nitriles is 1. The topological polar surface area (TPSA) is 111 Å². The molecule has 5 rings (SSSR count). The summed E-state index contributed by atoms with van der Waals surface area (Å²) in [5.74, 6) is 0.564. The van der Waals surface area contributed by atoms with Gasteiger partial charge >= 0.3 is 6.03 Å². The summed E-state index contributed by atoms with van der Waals surface area (Å²) in [4.78, 5) is 14.5. The van der Waals surface area contributed by atoms with E-state index in [1.165, 1.54) is 16.9 Å². The molecule has 1 aliphatic heterocycles. The molecule has 1 aromatic heterocycles. The number of carbonyl (C=O) groups is 1. The lowest BCUT2D eigenvalue weighted by molar-refractivity contribution is 0.0833. The number of nitrogens with one attached hydrogen (secondary N) is 1. The number of aliphatic hydroxyl groups is 1. The van der Waals surface area contributed by atoms with Crippen molar-refractivity contribution in [3.63, 3.8) is 0 Å². The second-order valence-electron chi connectivity index (χ2n) is 9.56. The Kier molecular flexibility index (Phi) is 6.90. The summed E-state index contributed by atoms with van der Waals surface area (Å²) in [6, 6.07) is 13.6. The van der Waals surface area contributed by atoms with E-state index in [9.17, 15) is 15.2 Å². The maximum absolute atomic E-state index is 12.8. The molecule has 0 radical (unpaired) electrons. The van der Waals surface area contributed by atoms with Crippen LogP contribution in [0.25, 0.3) is 21.1 Å². The molecule has 0 unspecified atom stereocenters. The van der Waals surface area contributed by atoms with E-state index in [0.717, 1.165) is 52.4 Å². The molecule has 3 aromatic rings. The van der Waals surface area contributed by atoms with Crippen molar-refractivity contribution < 1.29 is 14.6 Å². The van der Waals surface area contributed by atoms with Crippen LogP contribution in [0.2, 0.25) is 0 Å². The van der Waals surface area contributed by atoms with Crippen LogP contribution in [0.15, 0.2) is 36.4 Å². The molecule has 2 N–H and O–H groups in total. The summed E-state index contributed by atoms with van der Waals surface area (Å²) in [5, 5.41) is 33.1. The number of nitrogens with zero attached hydrogens (tertiary/aromatic N) is 4. The molecule has 2 aromatic carbocycles. The lowest BCUT2D eigenvalue weighted by atomic mass is 10.0. The number of ether oxygens (including phenoxy) is 1. The van der Waals surface area contributed by atoms with Crippen molar-refractivity contribution >= 4 is 17.4 Å². The Labute approximate surface area is 214 Å². The standard InChI is InChI=1S/C27H29N5O3S/c1-16(2)35-24-11-8-17(13-18(24)14-28)25-30-31-26(36-25)22-7-3-6-21-20(22)9-10-23(21)29-27(34)32-12-4-5-19(33)15-32/h3,6-8,11,13,16,19,23,33H,4-5,9-10,12,15H2,1-2H3,(H,29,34)/t19-,23+/m0/s1. The maximum atomic E-state index is 12.8. The fraction of sp³-hybridized carbons (Fsp3) is 0.407. The van der Waals surface area contributed by atoms with Crippen molar-refractivity contribution in [1.29, 1.82) is 5.26 Å². The Morgan fingerprint density at radius 2 is 2.08 bits per heavy atom. The number of piperidine rings is 1. The number of urea groups is 1. The number of β-amino-alcohol motifs (C(OH)–C–C–N with tert-alkyl or cyclic N) is 1. The zero-order chi connectivity index (χ0) is 25.2. The molecule has 0 spiro atoms. The van der Waals surface area contributed by atoms with Crippen LogP contribution in [0.1, 0.15) is 55.8 Å². The third-order valence-corrected chi connectivity index (χ3v) is 7.62. The van der Waals surface area contributed by atoms with E-state index in [1.54, 1.807) is 11.0 Å². The molecule has 2 amide bonds. The average Bonchev–Trinajstić information content (AvgIpc) is 3.52. The van der Waals surface area contributed by atoms with Gasteiger partial charge in [-0.3, -0.25) is 0 Å². The first-order valence-electron chi connectivity index (χ1n) is 12.3. The highest BCUT2D eigenvalue weighted by Gasteiger charge is 2.30. The number of aliphatic hydroxyl groups excluding tert-OH is 1. The minimum Gasteiger partial charge on any atom is -0.490 e. The fourth-order valence-corrected chi connectivity index (χ4v) is 5.83. The van der Waals surface area contributed by atoms with Crippen LogP contribution >= 0.6 is 11.3 Å². The first kappa shape index (κ1) is 24.2. The van der Waals surface area contributed by atoms with E-state index in [-0.39, 0.29) is 18.2 Å². The van der Waals surface area contributed by atoms with Crippen LogP contribution in [0.4, 0.5) is 4.79 Å². The largest absolute Gasteiger partial charge is 0.490 e. The summed E-state index contributed by atoms with van der Waals surface area (Å²) in [6.07, 6.45) is 2.77. The average molecular weight is 504 g/mol. The van der Waals surface area contributed by atoms with Gasteiger partial charge in [-0.05, 0) is 68.9 Å². The number of hydrogen-bond acceptors (Lipinski definition) is 7. The number of likely N-dealkylation sites (tertiary alicyclic amines) is 1. The number of carbonyl (C=O) groups excluding carboxylic acids is 1. The molecular weight excluding hydrogens is 474 g/mol. The van der Waals surface area contributed by atoms with Gasteiger partial charge in [0.2, 0.25) is 0 Å². The molecule has 9 heteroatoms. The summed E-state index contributed by atoms with van der Waals surface area (Å²) in [7, 11) is 0. The summed E-state index contributed by atoms with van der Waals surface area (Å²) >= 11 is 1.49. The highest BCUT2D eigenvalue weighted by Crippen LogP contribution is 2.40. The zero-order valence-corrected chi connectivity index (χ0v) is 21.2. The highest BCUT2D eigenvalue weighted by atomic mass is 32.1. The SMILES string of the molecule is CC(C)Oc1ccc(-c2nnc(-c3cccc4c3CC[C@H]4NC(=O)N3CCC[C@H](O)C3)s2)cc1C#N. The Bertz CT molecular complexity index is 1310. The first-order valence-corrected chi connectivity index (χ1v) is 13.1. The first-order chi connectivity index (χ1) is 17.4. The lowest BCUT2D eigenvalue weighted by Crippen LogP contribution is -2.47. The number of aromatic nitrogens is 2. The summed E-state index contributed by atoms with van der Waals surface area (Å²) < 4.78 is 5.73. The fourth-order valence-electron chi connectivity index (χ4n) is 4.94. The van der Waals surface area contributed by atoms with Gasteiger partial charge in [-0.1, -0.05) is 29.5 Å². The van der Waals surface area contributed by atoms with Crippen molar-refractivity contribution in [3.8, 4) is 33.0 Å². The smallest absolute Gasteiger partial charge is 0.317 e. The van der Waals surface area contributed by atoms with Gasteiger partial charge in [0, 0.05) is 24.2 Å². The molecule has 0 bridgehead atoms. The third-order valence-electron chi connectivity index (χ3n) is 6.62. The van der Waals surface area contributed by atoms with Gasteiger partial charge in [-0.15, -0.1) is 10.2 Å². The van der Waals surface area contributed by atoms with E-state index in [0.29, 0.717) is 24.4 Å². The third kappa shape index (κ3) is 4.92. The zero-order valence-electron chi connectivity index (χ0n) is 20.4. The van der Waals surface area contributed by atoms with E-state index in [1.807, 2.05) is 32.0 Å². The number of rotatable bonds is 5. The molecule has 0 saturated carbocycles. The van der Waals surface area contributed by atoms with E-state index in [4.69, 9.17) is 4.74 Å². The molecule has 1 fully saturated rings. The van der Waals surface area contributed by atoms with Crippen LogP contribution in [-0.2, 0) is 6.42 Å². The second kappa shape index (κ2) is 10.2. The highest BCUT2D eigenvalue weighted by molar-refractivity contribution is 7.17. The Balaban J connectivity index is 1.36. The number of hydrogen-bond donors (Lipinski definition) is 2. The quantitative estimate of drug-likeness (QED) is 0.523. The maximum Gasteiger partial charge on any atom is 0.317 e. The van der Waals surface area contributed by atoms with E-state index >= 15 is 0 Å². The van der Waals surface area contributed by atoms with Crippen LogP contribution in [0, 0.1) is 11.3 Å². The van der Waals surface area contributed by atoms with Gasteiger partial charge in [-0.2, -0.15) is 5.26 Å². The summed E-state index contributed by atoms with van der Waals surface area (Å²) in [5.41, 5.74) is 4.62. The van der Waals surface area contributed by atoms with Crippen LogP contribution < -0.4 is 10.1 Å². The Morgan fingerprint density at radius 1 is 1.25 bits per heavy atom. The van der Waals surface area contributed by atoms with Gasteiger partial charge in [-0.25, -0.2) is 4.79 Å². The van der Waals surface area contributed by atoms with Gasteiger partial charge in [0.05, 0.1) is 23.8 Å². The Morgan fingerprint density at radius 3 is 2.86 bits per heavy atom. The molecule has 1 saturated heterocycles. The molecule has 2 heterocycles. The van der Waals surface area contributed by atoms with Gasteiger partial charge in [0.1, 0.15) is 21.8 Å². The number of benzene rings is 2. The van der Waals surface area contributed by atoms with E-state index < -0.39 is 6.10 Å². The molecular formula is C27H29N5O3S.